The lowest BCUT2D eigenvalue weighted by Crippen LogP contribution is -2.33. The Labute approximate surface area is 126 Å². The number of hydrogen-bond donors (Lipinski definition) is 1. The maximum absolute atomic E-state index is 12.4. The number of nitrogens with zero attached hydrogens (tertiary/aromatic N) is 1. The normalized spacial score (nSPS) is 10.6. The minimum Gasteiger partial charge on any atom is -0.364 e. The fourth-order valence-corrected chi connectivity index (χ4v) is 2.97. The molecule has 2 heterocycles. The number of aryl methyl sites for hydroxylation is 1. The lowest BCUT2D eigenvalue weighted by molar-refractivity contribution is 0.0752. The number of pyridine rings is 1. The second kappa shape index (κ2) is 6.24. The van der Waals surface area contributed by atoms with Gasteiger partial charge in [0.25, 0.3) is 5.91 Å². The number of thiophene rings is 1. The van der Waals surface area contributed by atoms with Crippen molar-refractivity contribution in [2.45, 2.75) is 20.4 Å². The zero-order chi connectivity index (χ0) is 14.7. The lowest BCUT2D eigenvalue weighted by atomic mass is 10.2. The van der Waals surface area contributed by atoms with Gasteiger partial charge in [-0.05, 0) is 26.0 Å². The van der Waals surface area contributed by atoms with Gasteiger partial charge in [0.15, 0.2) is 5.43 Å². The first-order chi connectivity index (χ1) is 9.51. The van der Waals surface area contributed by atoms with Gasteiger partial charge in [-0.2, -0.15) is 0 Å². The summed E-state index contributed by atoms with van der Waals surface area (Å²) in [5.74, 6) is -0.265. The highest BCUT2D eigenvalue weighted by molar-refractivity contribution is 7.16. The first-order valence-corrected chi connectivity index (χ1v) is 7.43. The Hall–Kier alpha value is -1.59. The molecule has 0 aliphatic rings. The van der Waals surface area contributed by atoms with Gasteiger partial charge in [0, 0.05) is 29.4 Å². The highest BCUT2D eigenvalue weighted by Crippen LogP contribution is 2.23. The first-order valence-electron chi connectivity index (χ1n) is 6.24. The van der Waals surface area contributed by atoms with E-state index in [1.165, 1.54) is 23.6 Å². The fraction of sp³-hybridized carbons (Fsp3) is 0.286. The van der Waals surface area contributed by atoms with Crippen molar-refractivity contribution in [2.75, 3.05) is 6.54 Å². The average Bonchev–Trinajstić information content (AvgIpc) is 2.81. The molecule has 0 saturated carbocycles. The van der Waals surface area contributed by atoms with Gasteiger partial charge in [0.1, 0.15) is 5.56 Å². The third kappa shape index (κ3) is 3.29. The number of rotatable bonds is 4. The van der Waals surface area contributed by atoms with E-state index in [0.717, 1.165) is 10.6 Å². The molecule has 6 heteroatoms. The van der Waals surface area contributed by atoms with Crippen LogP contribution >= 0.6 is 22.9 Å². The summed E-state index contributed by atoms with van der Waals surface area (Å²) in [6, 6.07) is 5.13. The smallest absolute Gasteiger partial charge is 0.259 e. The van der Waals surface area contributed by atoms with E-state index in [2.05, 4.69) is 4.98 Å². The number of aromatic amines is 1. The molecule has 2 aromatic heterocycles. The molecule has 0 bridgehead atoms. The largest absolute Gasteiger partial charge is 0.364 e. The summed E-state index contributed by atoms with van der Waals surface area (Å²) >= 11 is 7.32. The van der Waals surface area contributed by atoms with E-state index in [1.54, 1.807) is 17.9 Å². The lowest BCUT2D eigenvalue weighted by Gasteiger charge is -2.19. The predicted molar refractivity (Wildman–Crippen MR) is 81.5 cm³/mol. The zero-order valence-corrected chi connectivity index (χ0v) is 12.8. The third-order valence-corrected chi connectivity index (χ3v) is 4.15. The molecule has 0 radical (unpaired) electrons. The minimum atomic E-state index is -0.265. The Kier molecular flexibility index (Phi) is 4.62. The van der Waals surface area contributed by atoms with E-state index in [9.17, 15) is 9.59 Å². The SMILES string of the molecule is CCN(Cc1ccc(Cl)s1)C(=O)c1c[nH]c(C)cc1=O. The predicted octanol–water partition coefficient (Wildman–Crippen LogP) is 3.06. The maximum Gasteiger partial charge on any atom is 0.259 e. The second-order valence-corrected chi connectivity index (χ2v) is 6.22. The number of aromatic nitrogens is 1. The number of halogens is 1. The van der Waals surface area contributed by atoms with Gasteiger partial charge in [-0.3, -0.25) is 9.59 Å². The summed E-state index contributed by atoms with van der Waals surface area (Å²) < 4.78 is 0.691. The highest BCUT2D eigenvalue weighted by atomic mass is 35.5. The summed E-state index contributed by atoms with van der Waals surface area (Å²) in [5.41, 5.74) is 0.647. The van der Waals surface area contributed by atoms with Crippen LogP contribution in [0.2, 0.25) is 4.34 Å². The quantitative estimate of drug-likeness (QED) is 0.943. The Morgan fingerprint density at radius 2 is 2.20 bits per heavy atom. The van der Waals surface area contributed by atoms with Gasteiger partial charge >= 0.3 is 0 Å². The van der Waals surface area contributed by atoms with Gasteiger partial charge in [-0.25, -0.2) is 0 Å². The summed E-state index contributed by atoms with van der Waals surface area (Å²) in [6.45, 7) is 4.65. The molecule has 2 rings (SSSR count). The second-order valence-electron chi connectivity index (χ2n) is 4.42. The summed E-state index contributed by atoms with van der Waals surface area (Å²) in [4.78, 5) is 29.8. The molecule has 0 unspecified atom stereocenters. The molecule has 4 nitrogen and oxygen atoms in total. The van der Waals surface area contributed by atoms with Crippen LogP contribution in [0.1, 0.15) is 27.9 Å². The molecule has 1 N–H and O–H groups in total. The molecule has 1 amide bonds. The Bertz CT molecular complexity index is 678. The van der Waals surface area contributed by atoms with Crippen LogP contribution in [-0.4, -0.2) is 22.3 Å². The molecule has 106 valence electrons. The molecule has 0 atom stereocenters. The van der Waals surface area contributed by atoms with Crippen molar-refractivity contribution >= 4 is 28.8 Å². The monoisotopic (exact) mass is 310 g/mol. The molecule has 2 aromatic rings. The molecular formula is C14H15ClN2O2S. The van der Waals surface area contributed by atoms with E-state index in [-0.39, 0.29) is 16.9 Å². The first kappa shape index (κ1) is 14.8. The number of carbonyl (C=O) groups excluding carboxylic acids is 1. The van der Waals surface area contributed by atoms with Crippen LogP contribution in [0.3, 0.4) is 0 Å². The highest BCUT2D eigenvalue weighted by Gasteiger charge is 2.18. The van der Waals surface area contributed by atoms with Gasteiger partial charge < -0.3 is 9.88 Å². The molecule has 0 fully saturated rings. The molecule has 0 aromatic carbocycles. The van der Waals surface area contributed by atoms with Gasteiger partial charge in [0.2, 0.25) is 0 Å². The van der Waals surface area contributed by atoms with E-state index in [1.807, 2.05) is 13.0 Å². The Morgan fingerprint density at radius 1 is 1.45 bits per heavy atom. The van der Waals surface area contributed by atoms with Crippen molar-refractivity contribution in [3.8, 4) is 0 Å². The Balaban J connectivity index is 2.22. The van der Waals surface area contributed by atoms with E-state index in [4.69, 9.17) is 11.6 Å². The van der Waals surface area contributed by atoms with Gasteiger partial charge in [0.05, 0.1) is 10.9 Å². The van der Waals surface area contributed by atoms with Crippen LogP contribution < -0.4 is 5.43 Å². The van der Waals surface area contributed by atoms with Gasteiger partial charge in [-0.1, -0.05) is 11.6 Å². The van der Waals surface area contributed by atoms with E-state index < -0.39 is 0 Å². The van der Waals surface area contributed by atoms with Gasteiger partial charge in [-0.15, -0.1) is 11.3 Å². The summed E-state index contributed by atoms with van der Waals surface area (Å²) in [7, 11) is 0. The van der Waals surface area contributed by atoms with Crippen LogP contribution in [-0.2, 0) is 6.54 Å². The van der Waals surface area contributed by atoms with Crippen LogP contribution in [0.5, 0.6) is 0 Å². The van der Waals surface area contributed by atoms with Crippen molar-refractivity contribution in [3.05, 3.63) is 55.1 Å². The molecule has 0 aliphatic heterocycles. The van der Waals surface area contributed by atoms with Crippen molar-refractivity contribution in [1.82, 2.24) is 9.88 Å². The number of carbonyl (C=O) groups is 1. The van der Waals surface area contributed by atoms with Crippen molar-refractivity contribution in [2.24, 2.45) is 0 Å². The van der Waals surface area contributed by atoms with Crippen molar-refractivity contribution < 1.29 is 4.79 Å². The molecule has 0 saturated heterocycles. The van der Waals surface area contributed by atoms with Crippen LogP contribution in [0.25, 0.3) is 0 Å². The Morgan fingerprint density at radius 3 is 2.75 bits per heavy atom. The van der Waals surface area contributed by atoms with Crippen molar-refractivity contribution in [3.63, 3.8) is 0 Å². The summed E-state index contributed by atoms with van der Waals surface area (Å²) in [5, 5.41) is 0. The van der Waals surface area contributed by atoms with Crippen LogP contribution in [0.15, 0.2) is 29.2 Å². The number of nitrogens with one attached hydrogen (secondary N) is 1. The van der Waals surface area contributed by atoms with E-state index in [0.29, 0.717) is 17.4 Å². The third-order valence-electron chi connectivity index (χ3n) is 2.93. The average molecular weight is 311 g/mol. The molecule has 20 heavy (non-hydrogen) atoms. The summed E-state index contributed by atoms with van der Waals surface area (Å²) in [6.07, 6.45) is 1.48. The maximum atomic E-state index is 12.4. The number of hydrogen-bond acceptors (Lipinski definition) is 3. The fourth-order valence-electron chi connectivity index (χ4n) is 1.86. The van der Waals surface area contributed by atoms with Crippen LogP contribution in [0, 0.1) is 6.92 Å². The zero-order valence-electron chi connectivity index (χ0n) is 11.3. The van der Waals surface area contributed by atoms with Crippen LogP contribution in [0.4, 0.5) is 0 Å². The molecular weight excluding hydrogens is 296 g/mol. The standard InChI is InChI=1S/C14H15ClN2O2S/c1-3-17(8-10-4-5-13(15)20-10)14(19)11-7-16-9(2)6-12(11)18/h4-7H,3,8H2,1-2H3,(H,16,18). The van der Waals surface area contributed by atoms with E-state index >= 15 is 0 Å². The minimum absolute atomic E-state index is 0.167. The molecule has 0 aliphatic carbocycles. The number of H-pyrrole nitrogens is 1. The topological polar surface area (TPSA) is 53.2 Å². The van der Waals surface area contributed by atoms with Crippen molar-refractivity contribution in [1.29, 1.82) is 0 Å². The number of amides is 1. The molecule has 0 spiro atoms.